The number of hydrogen-bond donors (Lipinski definition) is 2. The van der Waals surface area contributed by atoms with E-state index in [-0.39, 0.29) is 0 Å². The summed E-state index contributed by atoms with van der Waals surface area (Å²) >= 11 is 0. The lowest BCUT2D eigenvalue weighted by Gasteiger charge is -2.42. The monoisotopic (exact) mass is 348 g/mol. The van der Waals surface area contributed by atoms with Crippen LogP contribution >= 0.6 is 0 Å². The molecule has 0 aromatic carbocycles. The van der Waals surface area contributed by atoms with E-state index in [9.17, 15) is 0 Å². The maximum absolute atomic E-state index is 3.80. The van der Waals surface area contributed by atoms with Gasteiger partial charge in [0.2, 0.25) is 0 Å². The van der Waals surface area contributed by atoms with Crippen molar-refractivity contribution in [3.05, 3.63) is 0 Å². The van der Waals surface area contributed by atoms with Gasteiger partial charge in [0.1, 0.15) is 0 Å². The van der Waals surface area contributed by atoms with Gasteiger partial charge in [-0.25, -0.2) is 0 Å². The molecule has 3 aliphatic rings. The van der Waals surface area contributed by atoms with Gasteiger partial charge >= 0.3 is 0 Å². The summed E-state index contributed by atoms with van der Waals surface area (Å²) < 4.78 is 0. The Morgan fingerprint density at radius 1 is 0.640 bits per heavy atom. The van der Waals surface area contributed by atoms with Crippen LogP contribution in [0, 0.1) is 29.6 Å². The van der Waals surface area contributed by atoms with E-state index >= 15 is 0 Å². The van der Waals surface area contributed by atoms with E-state index in [1.807, 2.05) is 0 Å². The highest BCUT2D eigenvalue weighted by Crippen LogP contribution is 2.42. The molecule has 146 valence electrons. The SMILES string of the molecule is CCCCCC1CCC(C2CCC(C3NCC(CC)CN3)CC2)CC1. The maximum Gasteiger partial charge on any atom is 0.0600 e. The van der Waals surface area contributed by atoms with Crippen molar-refractivity contribution in [2.45, 2.75) is 103 Å². The largest absolute Gasteiger partial charge is 0.301 e. The first kappa shape index (κ1) is 19.7. The molecule has 2 aliphatic carbocycles. The second-order valence-corrected chi connectivity index (χ2v) is 9.52. The quantitative estimate of drug-likeness (QED) is 0.575. The molecule has 0 radical (unpaired) electrons. The Morgan fingerprint density at radius 2 is 1.20 bits per heavy atom. The van der Waals surface area contributed by atoms with Crippen LogP contribution in [0.3, 0.4) is 0 Å². The fourth-order valence-corrected chi connectivity index (χ4v) is 5.93. The van der Waals surface area contributed by atoms with E-state index < -0.39 is 0 Å². The molecule has 2 heteroatoms. The van der Waals surface area contributed by atoms with Gasteiger partial charge in [0.25, 0.3) is 0 Å². The molecule has 0 bridgehead atoms. The van der Waals surface area contributed by atoms with Crippen molar-refractivity contribution >= 4 is 0 Å². The van der Waals surface area contributed by atoms with Crippen molar-refractivity contribution in [2.24, 2.45) is 29.6 Å². The molecule has 1 heterocycles. The van der Waals surface area contributed by atoms with Crippen LogP contribution in [0.25, 0.3) is 0 Å². The second-order valence-electron chi connectivity index (χ2n) is 9.52. The molecule has 0 amide bonds. The first-order valence-corrected chi connectivity index (χ1v) is 11.8. The smallest absolute Gasteiger partial charge is 0.0600 e. The minimum absolute atomic E-state index is 0.609. The van der Waals surface area contributed by atoms with Crippen molar-refractivity contribution < 1.29 is 0 Å². The summed E-state index contributed by atoms with van der Waals surface area (Å²) in [5.41, 5.74) is 0. The van der Waals surface area contributed by atoms with Crippen LogP contribution in [0.1, 0.15) is 97.3 Å². The Bertz CT molecular complexity index is 345. The van der Waals surface area contributed by atoms with Crippen LogP contribution in [0.4, 0.5) is 0 Å². The van der Waals surface area contributed by atoms with E-state index in [2.05, 4.69) is 24.5 Å². The van der Waals surface area contributed by atoms with Crippen molar-refractivity contribution in [2.75, 3.05) is 13.1 Å². The highest BCUT2D eigenvalue weighted by atomic mass is 15.2. The lowest BCUT2D eigenvalue weighted by Crippen LogP contribution is -2.56. The number of hydrogen-bond acceptors (Lipinski definition) is 2. The highest BCUT2D eigenvalue weighted by molar-refractivity contribution is 4.87. The van der Waals surface area contributed by atoms with Gasteiger partial charge in [0.05, 0.1) is 6.17 Å². The van der Waals surface area contributed by atoms with E-state index in [4.69, 9.17) is 0 Å². The van der Waals surface area contributed by atoms with Gasteiger partial charge in [-0.3, -0.25) is 0 Å². The molecule has 0 atom stereocenters. The Balaban J connectivity index is 1.33. The van der Waals surface area contributed by atoms with Gasteiger partial charge < -0.3 is 10.6 Å². The molecule has 1 aliphatic heterocycles. The van der Waals surface area contributed by atoms with Gasteiger partial charge in [-0.05, 0) is 68.1 Å². The van der Waals surface area contributed by atoms with Gasteiger partial charge in [-0.15, -0.1) is 0 Å². The van der Waals surface area contributed by atoms with Crippen LogP contribution in [-0.4, -0.2) is 19.3 Å². The van der Waals surface area contributed by atoms with Crippen LogP contribution in [0.2, 0.25) is 0 Å². The zero-order valence-corrected chi connectivity index (χ0v) is 17.1. The topological polar surface area (TPSA) is 24.1 Å². The van der Waals surface area contributed by atoms with E-state index in [1.165, 1.54) is 70.9 Å². The van der Waals surface area contributed by atoms with Crippen molar-refractivity contribution in [1.82, 2.24) is 10.6 Å². The lowest BCUT2D eigenvalue weighted by atomic mass is 9.68. The zero-order chi connectivity index (χ0) is 17.5. The van der Waals surface area contributed by atoms with Crippen LogP contribution < -0.4 is 10.6 Å². The Morgan fingerprint density at radius 3 is 1.76 bits per heavy atom. The summed E-state index contributed by atoms with van der Waals surface area (Å²) in [6, 6.07) is 0. The molecule has 0 aromatic heterocycles. The number of nitrogens with one attached hydrogen (secondary N) is 2. The van der Waals surface area contributed by atoms with Gasteiger partial charge in [-0.2, -0.15) is 0 Å². The first-order chi connectivity index (χ1) is 12.3. The third-order valence-electron chi connectivity index (χ3n) is 7.89. The Kier molecular flexibility index (Phi) is 8.11. The molecule has 0 unspecified atom stereocenters. The summed E-state index contributed by atoms with van der Waals surface area (Å²) in [5, 5.41) is 7.61. The van der Waals surface area contributed by atoms with Crippen molar-refractivity contribution in [1.29, 1.82) is 0 Å². The first-order valence-electron chi connectivity index (χ1n) is 11.8. The van der Waals surface area contributed by atoms with Gasteiger partial charge in [-0.1, -0.05) is 58.8 Å². The molecule has 3 fully saturated rings. The summed E-state index contributed by atoms with van der Waals surface area (Å²) in [6.07, 6.45) is 19.9. The van der Waals surface area contributed by atoms with Crippen LogP contribution in [-0.2, 0) is 0 Å². The molecule has 2 N–H and O–H groups in total. The van der Waals surface area contributed by atoms with E-state index in [0.29, 0.717) is 6.17 Å². The predicted molar refractivity (Wildman–Crippen MR) is 109 cm³/mol. The molecule has 0 spiro atoms. The molecule has 3 rings (SSSR count). The molecule has 1 saturated heterocycles. The minimum atomic E-state index is 0.609. The summed E-state index contributed by atoms with van der Waals surface area (Å²) in [4.78, 5) is 0. The van der Waals surface area contributed by atoms with Crippen LogP contribution in [0.15, 0.2) is 0 Å². The van der Waals surface area contributed by atoms with Gasteiger partial charge in [0.15, 0.2) is 0 Å². The minimum Gasteiger partial charge on any atom is -0.301 e. The average Bonchev–Trinajstić information content (AvgIpc) is 2.69. The predicted octanol–water partition coefficient (Wildman–Crippen LogP) is 5.72. The molecule has 0 aromatic rings. The van der Waals surface area contributed by atoms with Crippen molar-refractivity contribution in [3.63, 3.8) is 0 Å². The second kappa shape index (κ2) is 10.3. The molecule has 2 saturated carbocycles. The zero-order valence-electron chi connectivity index (χ0n) is 17.1. The summed E-state index contributed by atoms with van der Waals surface area (Å²) in [5.74, 6) is 4.93. The van der Waals surface area contributed by atoms with Crippen molar-refractivity contribution in [3.8, 4) is 0 Å². The third-order valence-corrected chi connectivity index (χ3v) is 7.89. The third kappa shape index (κ3) is 5.70. The molecule has 25 heavy (non-hydrogen) atoms. The van der Waals surface area contributed by atoms with Crippen LogP contribution in [0.5, 0.6) is 0 Å². The lowest BCUT2D eigenvalue weighted by molar-refractivity contribution is 0.113. The average molecular weight is 349 g/mol. The number of rotatable bonds is 7. The van der Waals surface area contributed by atoms with Gasteiger partial charge in [0, 0.05) is 13.1 Å². The molecular weight excluding hydrogens is 304 g/mol. The normalized spacial score (nSPS) is 40.1. The summed E-state index contributed by atoms with van der Waals surface area (Å²) in [6.45, 7) is 7.11. The summed E-state index contributed by atoms with van der Waals surface area (Å²) in [7, 11) is 0. The van der Waals surface area contributed by atoms with E-state index in [0.717, 1.165) is 29.6 Å². The molecular formula is C23H44N2. The fourth-order valence-electron chi connectivity index (χ4n) is 5.93. The fraction of sp³-hybridized carbons (Fsp3) is 1.00. The Labute approximate surface area is 157 Å². The van der Waals surface area contributed by atoms with E-state index in [1.54, 1.807) is 25.7 Å². The highest BCUT2D eigenvalue weighted by Gasteiger charge is 2.34. The Hall–Kier alpha value is -0.0800. The number of unbranched alkanes of at least 4 members (excludes halogenated alkanes) is 2. The maximum atomic E-state index is 3.80. The molecule has 2 nitrogen and oxygen atoms in total. The standard InChI is InChI=1S/C23H44N2/c1-3-5-6-7-19-8-10-20(11-9-19)21-12-14-22(15-13-21)23-24-16-18(4-2)17-25-23/h18-25H,3-17H2,1-2H3.